The summed E-state index contributed by atoms with van der Waals surface area (Å²) in [6.07, 6.45) is 2.93. The van der Waals surface area contributed by atoms with E-state index in [0.29, 0.717) is 6.61 Å². The molecule has 16 heavy (non-hydrogen) atoms. The van der Waals surface area contributed by atoms with Crippen LogP contribution in [0.1, 0.15) is 26.2 Å². The van der Waals surface area contributed by atoms with Gasteiger partial charge in [-0.15, -0.1) is 0 Å². The third-order valence-electron chi connectivity index (χ3n) is 3.74. The third-order valence-corrected chi connectivity index (χ3v) is 3.74. The fourth-order valence-corrected chi connectivity index (χ4v) is 2.05. The Morgan fingerprint density at radius 3 is 2.62 bits per heavy atom. The van der Waals surface area contributed by atoms with Gasteiger partial charge in [-0.05, 0) is 19.8 Å². The van der Waals surface area contributed by atoms with Crippen LogP contribution >= 0.6 is 0 Å². The maximum absolute atomic E-state index is 11.7. The van der Waals surface area contributed by atoms with Crippen LogP contribution in [-0.4, -0.2) is 36.2 Å². The van der Waals surface area contributed by atoms with Gasteiger partial charge in [-0.1, -0.05) is 6.42 Å². The Labute approximate surface area is 94.2 Å². The number of ether oxygens (including phenoxy) is 1. The Bertz CT molecular complexity index is 313. The van der Waals surface area contributed by atoms with E-state index in [0.717, 1.165) is 19.3 Å². The van der Waals surface area contributed by atoms with Crippen LogP contribution in [0.2, 0.25) is 0 Å². The van der Waals surface area contributed by atoms with E-state index in [9.17, 15) is 9.59 Å². The van der Waals surface area contributed by atoms with Gasteiger partial charge >= 0.3 is 5.97 Å². The van der Waals surface area contributed by atoms with Crippen molar-refractivity contribution < 1.29 is 19.4 Å². The van der Waals surface area contributed by atoms with Crippen molar-refractivity contribution in [2.75, 3.05) is 13.2 Å². The molecule has 5 heteroatoms. The van der Waals surface area contributed by atoms with Gasteiger partial charge in [0, 0.05) is 5.92 Å². The van der Waals surface area contributed by atoms with Gasteiger partial charge in [0.2, 0.25) is 5.91 Å². The topological polar surface area (TPSA) is 75.6 Å². The standard InChI is InChI=1S/C11H17NO4/c1-11(10(14)15)6-16-5-8(11)12-9(13)7-3-2-4-7/h7-8H,2-6H2,1H3,(H,12,13)(H,14,15). The molecule has 2 rings (SSSR count). The van der Waals surface area contributed by atoms with Crippen molar-refractivity contribution in [3.8, 4) is 0 Å². The lowest BCUT2D eigenvalue weighted by molar-refractivity contribution is -0.149. The van der Waals surface area contributed by atoms with E-state index in [4.69, 9.17) is 9.84 Å². The maximum atomic E-state index is 11.7. The van der Waals surface area contributed by atoms with Gasteiger partial charge in [0.25, 0.3) is 0 Å². The molecule has 1 aliphatic carbocycles. The van der Waals surface area contributed by atoms with Crippen molar-refractivity contribution in [1.29, 1.82) is 0 Å². The number of hydrogen-bond acceptors (Lipinski definition) is 3. The van der Waals surface area contributed by atoms with Crippen LogP contribution in [0.5, 0.6) is 0 Å². The predicted molar refractivity (Wildman–Crippen MR) is 55.8 cm³/mol. The minimum atomic E-state index is -0.987. The van der Waals surface area contributed by atoms with Gasteiger partial charge in [0.1, 0.15) is 5.41 Å². The highest BCUT2D eigenvalue weighted by atomic mass is 16.5. The minimum Gasteiger partial charge on any atom is -0.481 e. The van der Waals surface area contributed by atoms with Gasteiger partial charge in [-0.2, -0.15) is 0 Å². The molecule has 0 radical (unpaired) electrons. The zero-order valence-corrected chi connectivity index (χ0v) is 9.36. The largest absolute Gasteiger partial charge is 0.481 e. The Balaban J connectivity index is 1.98. The van der Waals surface area contributed by atoms with Gasteiger partial charge in [-0.3, -0.25) is 9.59 Å². The third kappa shape index (κ3) is 1.80. The SMILES string of the molecule is CC1(C(=O)O)COCC1NC(=O)C1CCC1. The zero-order valence-electron chi connectivity index (χ0n) is 9.36. The van der Waals surface area contributed by atoms with E-state index in [-0.39, 0.29) is 18.4 Å². The summed E-state index contributed by atoms with van der Waals surface area (Å²) in [4.78, 5) is 22.9. The quantitative estimate of drug-likeness (QED) is 0.731. The minimum absolute atomic E-state index is 0.0192. The van der Waals surface area contributed by atoms with Crippen LogP contribution in [0, 0.1) is 11.3 Å². The molecule has 2 fully saturated rings. The molecule has 90 valence electrons. The molecule has 2 unspecified atom stereocenters. The van der Waals surface area contributed by atoms with E-state index in [1.807, 2.05) is 0 Å². The summed E-state index contributed by atoms with van der Waals surface area (Å²) >= 11 is 0. The van der Waals surface area contributed by atoms with Crippen LogP contribution in [-0.2, 0) is 14.3 Å². The number of carboxylic acids is 1. The lowest BCUT2D eigenvalue weighted by atomic mass is 9.82. The molecule has 1 aliphatic heterocycles. The van der Waals surface area contributed by atoms with Crippen molar-refractivity contribution in [3.05, 3.63) is 0 Å². The van der Waals surface area contributed by atoms with E-state index >= 15 is 0 Å². The number of carboxylic acid groups (broad SMARTS) is 1. The second-order valence-electron chi connectivity index (χ2n) is 4.93. The molecule has 0 aromatic heterocycles. The summed E-state index contributed by atoms with van der Waals surface area (Å²) in [5.41, 5.74) is -0.987. The summed E-state index contributed by atoms with van der Waals surface area (Å²) in [7, 11) is 0. The highest BCUT2D eigenvalue weighted by Gasteiger charge is 2.47. The fourth-order valence-electron chi connectivity index (χ4n) is 2.05. The fraction of sp³-hybridized carbons (Fsp3) is 0.818. The molecule has 1 saturated carbocycles. The Hall–Kier alpha value is -1.10. The number of carbonyl (C=O) groups excluding carboxylic acids is 1. The van der Waals surface area contributed by atoms with E-state index < -0.39 is 17.4 Å². The van der Waals surface area contributed by atoms with Crippen molar-refractivity contribution >= 4 is 11.9 Å². The predicted octanol–water partition coefficient (Wildman–Crippen LogP) is 0.392. The molecule has 5 nitrogen and oxygen atoms in total. The van der Waals surface area contributed by atoms with E-state index in [1.165, 1.54) is 0 Å². The molecule has 2 N–H and O–H groups in total. The molecule has 0 spiro atoms. The summed E-state index contributed by atoms with van der Waals surface area (Å²) in [5.74, 6) is -0.850. The van der Waals surface area contributed by atoms with Crippen LogP contribution in [0.25, 0.3) is 0 Å². The summed E-state index contributed by atoms with van der Waals surface area (Å²) < 4.78 is 5.17. The molecule has 2 atom stereocenters. The molecule has 2 aliphatic rings. The Morgan fingerprint density at radius 1 is 1.44 bits per heavy atom. The molecule has 1 amide bonds. The molecule has 0 bridgehead atoms. The molecular formula is C11H17NO4. The van der Waals surface area contributed by atoms with Crippen molar-refractivity contribution in [2.45, 2.75) is 32.2 Å². The smallest absolute Gasteiger partial charge is 0.313 e. The first-order valence-electron chi connectivity index (χ1n) is 5.65. The van der Waals surface area contributed by atoms with Gasteiger partial charge < -0.3 is 15.2 Å². The van der Waals surface area contributed by atoms with Gasteiger partial charge in [-0.25, -0.2) is 0 Å². The lowest BCUT2D eigenvalue weighted by Gasteiger charge is -2.30. The van der Waals surface area contributed by atoms with E-state index in [2.05, 4.69) is 5.32 Å². The van der Waals surface area contributed by atoms with Crippen LogP contribution in [0.15, 0.2) is 0 Å². The number of aliphatic carboxylic acids is 1. The monoisotopic (exact) mass is 227 g/mol. The Morgan fingerprint density at radius 2 is 2.12 bits per heavy atom. The molecule has 1 saturated heterocycles. The van der Waals surface area contributed by atoms with Crippen LogP contribution in [0.3, 0.4) is 0 Å². The van der Waals surface area contributed by atoms with Gasteiger partial charge in [0.05, 0.1) is 19.3 Å². The summed E-state index contributed by atoms with van der Waals surface area (Å²) in [5, 5.41) is 11.9. The van der Waals surface area contributed by atoms with Crippen LogP contribution < -0.4 is 5.32 Å². The second kappa shape index (κ2) is 4.05. The zero-order chi connectivity index (χ0) is 11.8. The lowest BCUT2D eigenvalue weighted by Crippen LogP contribution is -2.51. The average Bonchev–Trinajstić information content (AvgIpc) is 2.46. The maximum Gasteiger partial charge on any atom is 0.313 e. The molecule has 1 heterocycles. The van der Waals surface area contributed by atoms with Crippen molar-refractivity contribution in [2.24, 2.45) is 11.3 Å². The first-order chi connectivity index (χ1) is 7.54. The average molecular weight is 227 g/mol. The highest BCUT2D eigenvalue weighted by Crippen LogP contribution is 2.31. The number of carbonyl (C=O) groups is 2. The van der Waals surface area contributed by atoms with Gasteiger partial charge in [0.15, 0.2) is 0 Å². The number of rotatable bonds is 3. The Kier molecular flexibility index (Phi) is 2.88. The van der Waals surface area contributed by atoms with Crippen molar-refractivity contribution in [3.63, 3.8) is 0 Å². The normalized spacial score (nSPS) is 34.4. The van der Waals surface area contributed by atoms with E-state index in [1.54, 1.807) is 6.92 Å². The number of nitrogens with one attached hydrogen (secondary N) is 1. The first-order valence-corrected chi connectivity index (χ1v) is 5.65. The van der Waals surface area contributed by atoms with Crippen LogP contribution in [0.4, 0.5) is 0 Å². The number of amides is 1. The number of hydrogen-bond donors (Lipinski definition) is 2. The highest BCUT2D eigenvalue weighted by molar-refractivity contribution is 5.82. The van der Waals surface area contributed by atoms with Crippen molar-refractivity contribution in [1.82, 2.24) is 5.32 Å². The first kappa shape index (κ1) is 11.4. The summed E-state index contributed by atoms with van der Waals surface area (Å²) in [6, 6.07) is -0.405. The molecule has 0 aromatic rings. The summed E-state index contributed by atoms with van der Waals surface area (Å²) in [6.45, 7) is 2.08. The molecular weight excluding hydrogens is 210 g/mol. The molecule has 0 aromatic carbocycles. The second-order valence-corrected chi connectivity index (χ2v) is 4.93.